The third-order valence-electron chi connectivity index (χ3n) is 5.83. The molecule has 1 aromatic carbocycles. The summed E-state index contributed by atoms with van der Waals surface area (Å²) in [5.74, 6) is 2.18. The number of piperazine rings is 1. The van der Waals surface area contributed by atoms with Crippen molar-refractivity contribution >= 4 is 11.7 Å². The minimum Gasteiger partial charge on any atom is -0.451 e. The van der Waals surface area contributed by atoms with E-state index in [2.05, 4.69) is 20.9 Å². The van der Waals surface area contributed by atoms with Crippen LogP contribution in [0, 0.1) is 0 Å². The second-order valence-corrected chi connectivity index (χ2v) is 7.60. The number of anilines is 1. The molecule has 2 fully saturated rings. The van der Waals surface area contributed by atoms with Crippen molar-refractivity contribution in [1.29, 1.82) is 0 Å². The number of carbonyl (C=O) groups excluding carboxylic acids is 1. The quantitative estimate of drug-likeness (QED) is 0.688. The highest BCUT2D eigenvalue weighted by molar-refractivity contribution is 5.92. The summed E-state index contributed by atoms with van der Waals surface area (Å²) in [6, 6.07) is 20.0. The lowest BCUT2D eigenvalue weighted by Crippen LogP contribution is -2.64. The molecule has 0 unspecified atom stereocenters. The number of rotatable bonds is 4. The first kappa shape index (κ1) is 17.9. The molecular weight excluding hydrogens is 364 g/mol. The SMILES string of the molecule is O=C(c1ccc(-c2ccccc2)o1)N1CC(N2CCN(c3ccccn3)CC2)C1. The van der Waals surface area contributed by atoms with Gasteiger partial charge in [-0.1, -0.05) is 36.4 Å². The van der Waals surface area contributed by atoms with Crippen LogP contribution in [-0.2, 0) is 0 Å². The van der Waals surface area contributed by atoms with Crippen LogP contribution in [0.3, 0.4) is 0 Å². The fourth-order valence-electron chi connectivity index (χ4n) is 4.08. The summed E-state index contributed by atoms with van der Waals surface area (Å²) in [4.78, 5) is 23.9. The maximum Gasteiger partial charge on any atom is 0.289 e. The van der Waals surface area contributed by atoms with Crippen molar-refractivity contribution in [2.45, 2.75) is 6.04 Å². The van der Waals surface area contributed by atoms with E-state index in [0.717, 1.165) is 56.4 Å². The predicted octanol–water partition coefficient (Wildman–Crippen LogP) is 2.99. The topological polar surface area (TPSA) is 52.8 Å². The second kappa shape index (κ2) is 7.72. The van der Waals surface area contributed by atoms with Crippen molar-refractivity contribution in [2.75, 3.05) is 44.2 Å². The van der Waals surface area contributed by atoms with Gasteiger partial charge in [0.1, 0.15) is 11.6 Å². The molecule has 2 saturated heterocycles. The van der Waals surface area contributed by atoms with Crippen LogP contribution in [0.2, 0.25) is 0 Å². The Morgan fingerprint density at radius 1 is 0.897 bits per heavy atom. The first-order valence-electron chi connectivity index (χ1n) is 10.1. The first-order valence-corrected chi connectivity index (χ1v) is 10.1. The molecule has 5 rings (SSSR count). The van der Waals surface area contributed by atoms with Gasteiger partial charge in [-0.15, -0.1) is 0 Å². The van der Waals surface area contributed by atoms with Crippen molar-refractivity contribution in [2.24, 2.45) is 0 Å². The van der Waals surface area contributed by atoms with Crippen LogP contribution in [0.15, 0.2) is 71.3 Å². The maximum absolute atomic E-state index is 12.7. The number of carbonyl (C=O) groups is 1. The minimum atomic E-state index is -0.0180. The molecule has 29 heavy (non-hydrogen) atoms. The first-order chi connectivity index (χ1) is 14.3. The molecule has 148 valence electrons. The van der Waals surface area contributed by atoms with Gasteiger partial charge >= 0.3 is 0 Å². The van der Waals surface area contributed by atoms with Crippen LogP contribution in [0.4, 0.5) is 5.82 Å². The fourth-order valence-corrected chi connectivity index (χ4v) is 4.08. The van der Waals surface area contributed by atoms with E-state index in [0.29, 0.717) is 11.8 Å². The summed E-state index contributed by atoms with van der Waals surface area (Å²) < 4.78 is 5.81. The maximum atomic E-state index is 12.7. The summed E-state index contributed by atoms with van der Waals surface area (Å²) in [7, 11) is 0. The molecule has 0 saturated carbocycles. The molecule has 0 radical (unpaired) electrons. The van der Waals surface area contributed by atoms with Gasteiger partial charge in [0.05, 0.1) is 0 Å². The number of hydrogen-bond acceptors (Lipinski definition) is 5. The molecule has 2 aliphatic rings. The predicted molar refractivity (Wildman–Crippen MR) is 112 cm³/mol. The molecule has 6 nitrogen and oxygen atoms in total. The number of pyridine rings is 1. The lowest BCUT2D eigenvalue weighted by molar-refractivity contribution is 0.0224. The largest absolute Gasteiger partial charge is 0.451 e. The van der Waals surface area contributed by atoms with Gasteiger partial charge in [0.2, 0.25) is 0 Å². The summed E-state index contributed by atoms with van der Waals surface area (Å²) in [6.45, 7) is 5.48. The van der Waals surface area contributed by atoms with E-state index < -0.39 is 0 Å². The van der Waals surface area contributed by atoms with Crippen molar-refractivity contribution < 1.29 is 9.21 Å². The molecule has 4 heterocycles. The number of nitrogens with zero attached hydrogens (tertiary/aromatic N) is 4. The van der Waals surface area contributed by atoms with E-state index in [4.69, 9.17) is 4.42 Å². The van der Waals surface area contributed by atoms with E-state index in [1.807, 2.05) is 59.6 Å². The Labute approximate surface area is 170 Å². The van der Waals surface area contributed by atoms with Crippen LogP contribution in [0.5, 0.6) is 0 Å². The van der Waals surface area contributed by atoms with Gasteiger partial charge in [0, 0.05) is 57.1 Å². The van der Waals surface area contributed by atoms with Crippen molar-refractivity contribution in [1.82, 2.24) is 14.8 Å². The smallest absolute Gasteiger partial charge is 0.289 e. The lowest BCUT2D eigenvalue weighted by Gasteiger charge is -2.48. The average Bonchev–Trinajstić information content (AvgIpc) is 3.25. The monoisotopic (exact) mass is 388 g/mol. The normalized spacial score (nSPS) is 17.9. The fraction of sp³-hybridized carbons (Fsp3) is 0.304. The van der Waals surface area contributed by atoms with E-state index >= 15 is 0 Å². The molecule has 0 aliphatic carbocycles. The molecule has 1 amide bonds. The average molecular weight is 388 g/mol. The Bertz CT molecular complexity index is 959. The zero-order valence-electron chi connectivity index (χ0n) is 16.3. The molecule has 6 heteroatoms. The highest BCUT2D eigenvalue weighted by Crippen LogP contribution is 2.25. The van der Waals surface area contributed by atoms with Gasteiger partial charge in [-0.05, 0) is 24.3 Å². The number of furan rings is 1. The second-order valence-electron chi connectivity index (χ2n) is 7.60. The summed E-state index contributed by atoms with van der Waals surface area (Å²) in [5.41, 5.74) is 0.985. The van der Waals surface area contributed by atoms with Crippen LogP contribution >= 0.6 is 0 Å². The molecular formula is C23H24N4O2. The number of aromatic nitrogens is 1. The van der Waals surface area contributed by atoms with Crippen molar-refractivity contribution in [3.63, 3.8) is 0 Å². The number of hydrogen-bond donors (Lipinski definition) is 0. The van der Waals surface area contributed by atoms with E-state index in [9.17, 15) is 4.79 Å². The summed E-state index contributed by atoms with van der Waals surface area (Å²) in [5, 5.41) is 0. The Kier molecular flexibility index (Phi) is 4.77. The molecule has 0 spiro atoms. The van der Waals surface area contributed by atoms with Crippen LogP contribution in [0.25, 0.3) is 11.3 Å². The highest BCUT2D eigenvalue weighted by atomic mass is 16.4. The van der Waals surface area contributed by atoms with E-state index in [1.165, 1.54) is 0 Å². The number of amides is 1. The molecule has 0 bridgehead atoms. The van der Waals surface area contributed by atoms with Gasteiger partial charge in [-0.2, -0.15) is 0 Å². The number of likely N-dealkylation sites (tertiary alicyclic amines) is 1. The Morgan fingerprint density at radius 2 is 1.66 bits per heavy atom. The van der Waals surface area contributed by atoms with Gasteiger partial charge in [0.25, 0.3) is 5.91 Å². The van der Waals surface area contributed by atoms with E-state index in [-0.39, 0.29) is 5.91 Å². The van der Waals surface area contributed by atoms with E-state index in [1.54, 1.807) is 6.07 Å². The Hall–Kier alpha value is -3.12. The van der Waals surface area contributed by atoms with Crippen molar-refractivity contribution in [3.05, 3.63) is 72.6 Å². The van der Waals surface area contributed by atoms with Crippen LogP contribution in [0.1, 0.15) is 10.6 Å². The molecule has 0 atom stereocenters. The summed E-state index contributed by atoms with van der Waals surface area (Å²) in [6.07, 6.45) is 1.84. The zero-order chi connectivity index (χ0) is 19.6. The number of benzene rings is 1. The lowest BCUT2D eigenvalue weighted by atomic mass is 10.1. The minimum absolute atomic E-state index is 0.0180. The Balaban J connectivity index is 1.14. The third-order valence-corrected chi connectivity index (χ3v) is 5.83. The standard InChI is InChI=1S/C23H24N4O2/c28-23(21-10-9-20(29-21)18-6-2-1-3-7-18)27-16-19(17-27)25-12-14-26(15-13-25)22-8-4-5-11-24-22/h1-11,19H,12-17H2. The van der Waals surface area contributed by atoms with Gasteiger partial charge in [0.15, 0.2) is 5.76 Å². The third kappa shape index (κ3) is 3.63. The molecule has 2 aromatic heterocycles. The molecule has 0 N–H and O–H groups in total. The molecule has 2 aliphatic heterocycles. The van der Waals surface area contributed by atoms with Gasteiger partial charge < -0.3 is 14.2 Å². The van der Waals surface area contributed by atoms with Crippen LogP contribution < -0.4 is 4.90 Å². The van der Waals surface area contributed by atoms with Gasteiger partial charge in [-0.25, -0.2) is 4.98 Å². The molecule has 3 aromatic rings. The highest BCUT2D eigenvalue weighted by Gasteiger charge is 2.37. The van der Waals surface area contributed by atoms with Crippen LogP contribution in [-0.4, -0.2) is 66.0 Å². The van der Waals surface area contributed by atoms with Crippen molar-refractivity contribution in [3.8, 4) is 11.3 Å². The van der Waals surface area contributed by atoms with Gasteiger partial charge in [-0.3, -0.25) is 9.69 Å². The Morgan fingerprint density at radius 3 is 2.38 bits per heavy atom. The summed E-state index contributed by atoms with van der Waals surface area (Å²) >= 11 is 0. The zero-order valence-corrected chi connectivity index (χ0v) is 16.3.